The fourth-order valence-electron chi connectivity index (χ4n) is 4.35. The number of ether oxygens (including phenoxy) is 1. The fraction of sp³-hybridized carbons (Fsp3) is 0.944. The van der Waals surface area contributed by atoms with Crippen LogP contribution in [0.5, 0.6) is 0 Å². The van der Waals surface area contributed by atoms with Gasteiger partial charge in [-0.2, -0.15) is 0 Å². The smallest absolute Gasteiger partial charge is 0.315 e. The highest BCUT2D eigenvalue weighted by atomic mass is 16.5. The molecule has 0 aromatic rings. The summed E-state index contributed by atoms with van der Waals surface area (Å²) in [4.78, 5) is 12.3. The van der Waals surface area contributed by atoms with Crippen LogP contribution in [0, 0.1) is 0 Å². The van der Waals surface area contributed by atoms with Gasteiger partial charge >= 0.3 is 6.03 Å². The maximum absolute atomic E-state index is 12.3. The van der Waals surface area contributed by atoms with Gasteiger partial charge in [0.05, 0.1) is 30.4 Å². The Hall–Kier alpha value is -0.810. The van der Waals surface area contributed by atoms with E-state index in [9.17, 15) is 9.90 Å². The summed E-state index contributed by atoms with van der Waals surface area (Å²) in [5.74, 6) is 0. The van der Waals surface area contributed by atoms with Crippen LogP contribution in [0.25, 0.3) is 0 Å². The summed E-state index contributed by atoms with van der Waals surface area (Å²) < 4.78 is 6.28. The van der Waals surface area contributed by atoms with E-state index in [1.165, 1.54) is 32.1 Å². The molecule has 23 heavy (non-hydrogen) atoms. The van der Waals surface area contributed by atoms with Gasteiger partial charge in [-0.05, 0) is 38.5 Å². The number of hydrogen-bond donors (Lipinski definition) is 3. The van der Waals surface area contributed by atoms with Gasteiger partial charge in [-0.3, -0.25) is 0 Å². The van der Waals surface area contributed by atoms with Gasteiger partial charge in [0.15, 0.2) is 0 Å². The van der Waals surface area contributed by atoms with Gasteiger partial charge in [0.1, 0.15) is 0 Å². The van der Waals surface area contributed by atoms with E-state index < -0.39 is 6.10 Å². The lowest BCUT2D eigenvalue weighted by Crippen LogP contribution is -2.54. The molecule has 2 amide bonds. The van der Waals surface area contributed by atoms with Crippen LogP contribution in [0.15, 0.2) is 0 Å². The zero-order valence-corrected chi connectivity index (χ0v) is 14.1. The van der Waals surface area contributed by atoms with Crippen molar-refractivity contribution in [2.24, 2.45) is 0 Å². The van der Waals surface area contributed by atoms with Crippen LogP contribution in [0.1, 0.15) is 77.0 Å². The van der Waals surface area contributed by atoms with Crippen LogP contribution in [0.2, 0.25) is 0 Å². The Bertz CT molecular complexity index is 384. The summed E-state index contributed by atoms with van der Waals surface area (Å²) >= 11 is 0. The molecular weight excluding hydrogens is 292 g/mol. The van der Waals surface area contributed by atoms with Crippen molar-refractivity contribution in [1.29, 1.82) is 0 Å². The van der Waals surface area contributed by atoms with E-state index in [2.05, 4.69) is 10.6 Å². The normalized spacial score (nSPS) is 35.9. The van der Waals surface area contributed by atoms with Gasteiger partial charge in [-0.1, -0.05) is 38.5 Å². The van der Waals surface area contributed by atoms with Crippen LogP contribution in [0.4, 0.5) is 4.79 Å². The summed E-state index contributed by atoms with van der Waals surface area (Å²) in [5, 5.41) is 16.1. The number of amides is 2. The van der Waals surface area contributed by atoms with Gasteiger partial charge in [0.2, 0.25) is 0 Å². The van der Waals surface area contributed by atoms with Gasteiger partial charge < -0.3 is 20.5 Å². The third kappa shape index (κ3) is 4.83. The number of urea groups is 1. The van der Waals surface area contributed by atoms with E-state index in [0.29, 0.717) is 6.10 Å². The largest absolute Gasteiger partial charge is 0.391 e. The minimum atomic E-state index is -0.397. The average Bonchev–Trinajstić information content (AvgIpc) is 3.05. The Morgan fingerprint density at radius 2 is 1.35 bits per heavy atom. The van der Waals surface area contributed by atoms with Crippen molar-refractivity contribution < 1.29 is 14.6 Å². The molecule has 5 nitrogen and oxygen atoms in total. The standard InChI is InChI=1S/C18H32N2O3/c21-16-11-5-3-9-14(16)19-18(22)20-15-10-4-6-12-17(15)23-13-7-1-2-8-13/h13-17,21H,1-12H2,(H2,19,20,22). The topological polar surface area (TPSA) is 70.6 Å². The average molecular weight is 324 g/mol. The number of nitrogens with one attached hydrogen (secondary N) is 2. The van der Waals surface area contributed by atoms with Crippen LogP contribution < -0.4 is 10.6 Å². The van der Waals surface area contributed by atoms with E-state index >= 15 is 0 Å². The molecule has 4 unspecified atom stereocenters. The van der Waals surface area contributed by atoms with E-state index in [0.717, 1.165) is 44.9 Å². The molecule has 0 spiro atoms. The Morgan fingerprint density at radius 1 is 0.783 bits per heavy atom. The van der Waals surface area contributed by atoms with Gasteiger partial charge in [0, 0.05) is 0 Å². The quantitative estimate of drug-likeness (QED) is 0.745. The molecule has 3 saturated carbocycles. The van der Waals surface area contributed by atoms with E-state index in [-0.39, 0.29) is 24.2 Å². The second-order valence-corrected chi connectivity index (χ2v) is 7.55. The monoisotopic (exact) mass is 324 g/mol. The lowest BCUT2D eigenvalue weighted by molar-refractivity contribution is -0.0411. The molecule has 3 aliphatic carbocycles. The molecular formula is C18H32N2O3. The lowest BCUT2D eigenvalue weighted by Gasteiger charge is -2.35. The first kappa shape index (κ1) is 17.0. The number of carbonyl (C=O) groups is 1. The van der Waals surface area contributed by atoms with Crippen molar-refractivity contribution in [3.63, 3.8) is 0 Å². The minimum absolute atomic E-state index is 0.0958. The first-order valence-electron chi connectivity index (χ1n) is 9.63. The first-order chi connectivity index (χ1) is 11.2. The molecule has 3 fully saturated rings. The predicted octanol–water partition coefficient (Wildman–Crippen LogP) is 2.86. The van der Waals surface area contributed by atoms with Crippen LogP contribution >= 0.6 is 0 Å². The van der Waals surface area contributed by atoms with Gasteiger partial charge in [-0.25, -0.2) is 4.79 Å². The van der Waals surface area contributed by atoms with Crippen LogP contribution in [-0.4, -0.2) is 41.5 Å². The number of aliphatic hydroxyl groups is 1. The molecule has 3 aliphatic rings. The molecule has 0 aromatic carbocycles. The van der Waals surface area contributed by atoms with E-state index in [1.54, 1.807) is 0 Å². The molecule has 0 bridgehead atoms. The minimum Gasteiger partial charge on any atom is -0.391 e. The number of carbonyl (C=O) groups excluding carboxylic acids is 1. The highest BCUT2D eigenvalue weighted by Gasteiger charge is 2.31. The molecule has 0 saturated heterocycles. The third-order valence-electron chi connectivity index (χ3n) is 5.73. The van der Waals surface area contributed by atoms with Gasteiger partial charge in [-0.15, -0.1) is 0 Å². The first-order valence-corrected chi connectivity index (χ1v) is 9.63. The van der Waals surface area contributed by atoms with Gasteiger partial charge in [0.25, 0.3) is 0 Å². The Morgan fingerprint density at radius 3 is 2.09 bits per heavy atom. The molecule has 0 radical (unpaired) electrons. The molecule has 4 atom stereocenters. The number of rotatable bonds is 4. The van der Waals surface area contributed by atoms with Crippen molar-refractivity contribution in [2.45, 2.75) is 107 Å². The highest BCUT2D eigenvalue weighted by Crippen LogP contribution is 2.28. The summed E-state index contributed by atoms with van der Waals surface area (Å²) in [6.45, 7) is 0. The molecule has 0 aromatic heterocycles. The lowest BCUT2D eigenvalue weighted by atomic mass is 9.91. The molecule has 132 valence electrons. The summed E-state index contributed by atoms with van der Waals surface area (Å²) in [6, 6.07) is -0.116. The molecule has 3 rings (SSSR count). The van der Waals surface area contributed by atoms with Crippen molar-refractivity contribution in [2.75, 3.05) is 0 Å². The molecule has 3 N–H and O–H groups in total. The summed E-state index contributed by atoms with van der Waals surface area (Å²) in [6.07, 6.45) is 13.2. The molecule has 5 heteroatoms. The highest BCUT2D eigenvalue weighted by molar-refractivity contribution is 5.74. The number of hydrogen-bond acceptors (Lipinski definition) is 3. The molecule has 0 heterocycles. The van der Waals surface area contributed by atoms with Crippen molar-refractivity contribution in [3.8, 4) is 0 Å². The maximum atomic E-state index is 12.3. The maximum Gasteiger partial charge on any atom is 0.315 e. The zero-order chi connectivity index (χ0) is 16.1. The fourth-order valence-corrected chi connectivity index (χ4v) is 4.35. The van der Waals surface area contributed by atoms with E-state index in [1.807, 2.05) is 0 Å². The number of aliphatic hydroxyl groups excluding tert-OH is 1. The SMILES string of the molecule is O=C(NC1CCCCC1O)NC1CCCCC1OC1CCCC1. The summed E-state index contributed by atoms with van der Waals surface area (Å²) in [7, 11) is 0. The Kier molecular flexibility index (Phi) is 6.17. The van der Waals surface area contributed by atoms with Crippen molar-refractivity contribution in [1.82, 2.24) is 10.6 Å². The van der Waals surface area contributed by atoms with Crippen molar-refractivity contribution in [3.05, 3.63) is 0 Å². The predicted molar refractivity (Wildman–Crippen MR) is 89.3 cm³/mol. The third-order valence-corrected chi connectivity index (χ3v) is 5.73. The van der Waals surface area contributed by atoms with Crippen molar-refractivity contribution >= 4 is 6.03 Å². The van der Waals surface area contributed by atoms with E-state index in [4.69, 9.17) is 4.74 Å². The Labute approximate surface area is 139 Å². The second-order valence-electron chi connectivity index (χ2n) is 7.55. The zero-order valence-electron chi connectivity index (χ0n) is 14.1. The second kappa shape index (κ2) is 8.34. The molecule has 0 aliphatic heterocycles. The van der Waals surface area contributed by atoms with Crippen LogP contribution in [-0.2, 0) is 4.74 Å². The van der Waals surface area contributed by atoms with Crippen LogP contribution in [0.3, 0.4) is 0 Å². The Balaban J connectivity index is 1.48. The summed E-state index contributed by atoms with van der Waals surface area (Å²) in [5.41, 5.74) is 0.